The van der Waals surface area contributed by atoms with Gasteiger partial charge in [0.05, 0.1) is 51.3 Å². The molecule has 34 atom stereocenters. The first-order valence-electron chi connectivity index (χ1n) is 29.3. The third-order valence-corrected chi connectivity index (χ3v) is 21.1. The van der Waals surface area contributed by atoms with E-state index in [2.05, 4.69) is 26.8 Å². The van der Waals surface area contributed by atoms with Crippen molar-refractivity contribution in [2.75, 3.05) is 33.0 Å². The highest BCUT2D eigenvalue weighted by molar-refractivity contribution is 5.26. The minimum atomic E-state index is -1.98. The van der Waals surface area contributed by atoms with Gasteiger partial charge in [-0.2, -0.15) is 0 Å². The summed E-state index contributed by atoms with van der Waals surface area (Å²) in [6.07, 6.45) is -27.6. The number of hydrogen-bond donors (Lipinski definition) is 16. The van der Waals surface area contributed by atoms with Crippen LogP contribution in [0.2, 0.25) is 0 Å². The maximum Gasteiger partial charge on any atom is 0.187 e. The molecule has 0 aromatic carbocycles. The Morgan fingerprint density at radius 2 is 1.20 bits per heavy atom. The third-order valence-electron chi connectivity index (χ3n) is 21.1. The summed E-state index contributed by atoms with van der Waals surface area (Å²) in [6.45, 7) is 5.75. The van der Waals surface area contributed by atoms with Gasteiger partial charge in [-0.05, 0) is 98.2 Å². The van der Waals surface area contributed by atoms with Crippen molar-refractivity contribution >= 4 is 0 Å². The van der Waals surface area contributed by atoms with E-state index in [4.69, 9.17) is 47.4 Å². The van der Waals surface area contributed by atoms with E-state index in [1.54, 1.807) is 0 Å². The Kier molecular flexibility index (Phi) is 19.1. The van der Waals surface area contributed by atoms with Crippen LogP contribution in [-0.2, 0) is 47.4 Å². The molecule has 4 aliphatic carbocycles. The van der Waals surface area contributed by atoms with Crippen LogP contribution in [0.15, 0.2) is 11.6 Å². The molecule has 26 nitrogen and oxygen atoms in total. The molecule has 0 bridgehead atoms. The van der Waals surface area contributed by atoms with E-state index in [1.165, 1.54) is 5.57 Å². The molecule has 0 spiro atoms. The minimum Gasteiger partial charge on any atom is -0.394 e. The van der Waals surface area contributed by atoms with Gasteiger partial charge >= 0.3 is 0 Å². The molecule has 6 saturated heterocycles. The highest BCUT2D eigenvalue weighted by Crippen LogP contribution is 2.70. The molecule has 0 aromatic heterocycles. The van der Waals surface area contributed by atoms with Gasteiger partial charge < -0.3 is 129 Å². The quantitative estimate of drug-likeness (QED) is 0.0648. The van der Waals surface area contributed by atoms with Gasteiger partial charge in [0.25, 0.3) is 0 Å². The van der Waals surface area contributed by atoms with Crippen molar-refractivity contribution < 1.29 is 129 Å². The molecular formula is C55H90O26. The molecule has 81 heavy (non-hydrogen) atoms. The lowest BCUT2D eigenvalue weighted by Crippen LogP contribution is -2.67. The van der Waals surface area contributed by atoms with Crippen molar-refractivity contribution in [3.05, 3.63) is 11.6 Å². The number of ether oxygens (including phenoxy) is 10. The molecule has 0 amide bonds. The van der Waals surface area contributed by atoms with Crippen molar-refractivity contribution in [1.29, 1.82) is 0 Å². The number of allylic oxidation sites excluding steroid dienone is 1. The molecule has 6 heterocycles. The second-order valence-corrected chi connectivity index (χ2v) is 25.8. The summed E-state index contributed by atoms with van der Waals surface area (Å²) in [5.41, 5.74) is 1.10. The van der Waals surface area contributed by atoms with Crippen molar-refractivity contribution in [3.8, 4) is 0 Å². The fourth-order valence-corrected chi connectivity index (χ4v) is 16.3. The molecule has 0 aromatic rings. The summed E-state index contributed by atoms with van der Waals surface area (Å²) in [6, 6.07) is 0. The van der Waals surface area contributed by atoms with Crippen molar-refractivity contribution in [1.82, 2.24) is 0 Å². The van der Waals surface area contributed by atoms with Gasteiger partial charge in [-0.25, -0.2) is 0 Å². The first-order chi connectivity index (χ1) is 38.4. The van der Waals surface area contributed by atoms with E-state index in [0.29, 0.717) is 49.9 Å². The van der Waals surface area contributed by atoms with E-state index in [9.17, 15) is 81.7 Å². The van der Waals surface area contributed by atoms with Crippen LogP contribution in [-0.4, -0.2) is 274 Å². The molecular weight excluding hydrogens is 1080 g/mol. The molecule has 10 rings (SSSR count). The second kappa shape index (κ2) is 24.7. The Morgan fingerprint density at radius 3 is 1.90 bits per heavy atom. The van der Waals surface area contributed by atoms with Gasteiger partial charge in [-0.3, -0.25) is 0 Å². The lowest BCUT2D eigenvalue weighted by atomic mass is 9.47. The Hall–Kier alpha value is -1.30. The highest BCUT2D eigenvalue weighted by Gasteiger charge is 2.68. The number of fused-ring (bicyclic) bond motifs is 7. The average molecular weight is 1170 g/mol. The van der Waals surface area contributed by atoms with Gasteiger partial charge in [-0.15, -0.1) is 0 Å². The van der Waals surface area contributed by atoms with Gasteiger partial charge in [0.15, 0.2) is 30.9 Å². The fraction of sp³-hybridized carbons (Fsp3) is 0.964. The predicted octanol–water partition coefficient (Wildman–Crippen LogP) is -4.52. The molecule has 26 heteroatoms. The minimum absolute atomic E-state index is 0.0302. The van der Waals surface area contributed by atoms with Crippen LogP contribution in [0.25, 0.3) is 0 Å². The maximum absolute atomic E-state index is 12.2. The van der Waals surface area contributed by atoms with Crippen LogP contribution < -0.4 is 0 Å². The van der Waals surface area contributed by atoms with Gasteiger partial charge in [-0.1, -0.05) is 39.3 Å². The largest absolute Gasteiger partial charge is 0.394 e. The zero-order valence-corrected chi connectivity index (χ0v) is 46.3. The van der Waals surface area contributed by atoms with Crippen LogP contribution in [0, 0.1) is 46.3 Å². The Bertz CT molecular complexity index is 2130. The standard InChI is InChI=1S/C55H90O26/c1-21(13-30-37(61)42(66)38(62)31(16-56)75-30)7-12-55(71)22(2)35-29(81-55)15-27-25-6-5-23-14-24(8-10-53(23,3)26(25)9-11-54(27,35)4)74-49-45(69)40(64)34(20-73-49)78-52-48(80-51-46(70)43(67)39(63)32(17-57)76-51)47(41(65)33(18-58)77-52)79-50-44(68)36(60)28(59)19-72-50/h5,21-22,24-52,56-71H,6-20H2,1-4H3/t21-,22-,24-,25+,26-,27-,28+,29-,30-,31+,32+,33+,34-,35-,36-,37-,38+,39+,40-,41+,42+,43-,44+,45+,46+,47-,48+,49-,50-,51-,52-,53-,54-,55+/m0/s1. The zero-order chi connectivity index (χ0) is 58.4. The Labute approximate surface area is 470 Å². The van der Waals surface area contributed by atoms with Crippen LogP contribution in [0.4, 0.5) is 0 Å². The first kappa shape index (κ1) is 62.7. The van der Waals surface area contributed by atoms with E-state index in [0.717, 1.165) is 32.1 Å². The Morgan fingerprint density at radius 1 is 0.605 bits per heavy atom. The lowest BCUT2D eigenvalue weighted by Gasteiger charge is -2.58. The molecule has 3 saturated carbocycles. The summed E-state index contributed by atoms with van der Waals surface area (Å²) in [4.78, 5) is 0. The number of rotatable bonds is 16. The number of aliphatic hydroxyl groups excluding tert-OH is 15. The topological polar surface area (TPSA) is 416 Å². The number of aliphatic hydroxyl groups is 16. The molecule has 9 fully saturated rings. The van der Waals surface area contributed by atoms with E-state index >= 15 is 0 Å². The first-order valence-corrected chi connectivity index (χ1v) is 29.3. The van der Waals surface area contributed by atoms with Gasteiger partial charge in [0, 0.05) is 12.3 Å². The van der Waals surface area contributed by atoms with Crippen LogP contribution in [0.1, 0.15) is 91.9 Å². The third kappa shape index (κ3) is 11.5. The molecule has 466 valence electrons. The van der Waals surface area contributed by atoms with Crippen LogP contribution in [0.5, 0.6) is 0 Å². The predicted molar refractivity (Wildman–Crippen MR) is 271 cm³/mol. The SMILES string of the molecule is C[C@@H](CC[C@@]1(O)O[C@H]2C[C@H]3[C@@H]4CC=C5C[C@@H](O[C@@H]6OC[C@H](O[C@@H]7O[C@H](CO)[C@@H](O)[C@H](O[C@@H]8OC[C@@H](O)[C@H](O)[C@H]8O)[C@H]7O[C@@H]7O[C@H](CO)[C@@H](O)[C@H](O)[C@H]7O)[C@H](O)[C@H]6O)CC[C@]5(C)[C@H]4CC[C@]3(C)[C@H]2[C@@H]1C)C[C@@H]1O[C@H](CO)[C@@H](O)[C@H](O)[C@H]1O. The molecule has 16 N–H and O–H groups in total. The second-order valence-electron chi connectivity index (χ2n) is 25.8. The monoisotopic (exact) mass is 1170 g/mol. The molecule has 0 radical (unpaired) electrons. The van der Waals surface area contributed by atoms with Gasteiger partial charge in [0.1, 0.15) is 110 Å². The van der Waals surface area contributed by atoms with Crippen molar-refractivity contribution in [3.63, 3.8) is 0 Å². The Balaban J connectivity index is 0.760. The van der Waals surface area contributed by atoms with Crippen LogP contribution >= 0.6 is 0 Å². The average Bonchev–Trinajstić information content (AvgIpc) is 3.53. The fourth-order valence-electron chi connectivity index (χ4n) is 16.3. The zero-order valence-electron chi connectivity index (χ0n) is 46.3. The van der Waals surface area contributed by atoms with Crippen LogP contribution in [0.3, 0.4) is 0 Å². The smallest absolute Gasteiger partial charge is 0.187 e. The van der Waals surface area contributed by atoms with Crippen molar-refractivity contribution in [2.45, 2.75) is 251 Å². The van der Waals surface area contributed by atoms with E-state index in [1.807, 2.05) is 6.92 Å². The normalized spacial score (nSPS) is 55.1. The summed E-state index contributed by atoms with van der Waals surface area (Å²) in [5.74, 6) is -0.164. The summed E-state index contributed by atoms with van der Waals surface area (Å²) in [5, 5.41) is 171. The summed E-state index contributed by atoms with van der Waals surface area (Å²) in [7, 11) is 0. The van der Waals surface area contributed by atoms with Gasteiger partial charge in [0.2, 0.25) is 0 Å². The van der Waals surface area contributed by atoms with E-state index in [-0.39, 0.29) is 40.8 Å². The van der Waals surface area contributed by atoms with E-state index < -0.39 is 180 Å². The molecule has 0 unspecified atom stereocenters. The van der Waals surface area contributed by atoms with Crippen molar-refractivity contribution in [2.24, 2.45) is 46.3 Å². The highest BCUT2D eigenvalue weighted by atomic mass is 16.8. The summed E-state index contributed by atoms with van der Waals surface area (Å²) >= 11 is 0. The maximum atomic E-state index is 12.2. The number of hydrogen-bond acceptors (Lipinski definition) is 26. The molecule has 10 aliphatic rings. The molecule has 6 aliphatic heterocycles. The lowest BCUT2D eigenvalue weighted by molar-refractivity contribution is -0.399. The summed E-state index contributed by atoms with van der Waals surface area (Å²) < 4.78 is 60.1.